The molecule has 3 N–H and O–H groups in total. The Morgan fingerprint density at radius 3 is 2.48 bits per heavy atom. The normalized spacial score (nSPS) is 11.6. The SMILES string of the molecule is O=C(N[C@@H](Cc1c[nH]c2ccccc12)C(=O)O)c1ccc(Cl)cc1.[Ca]. The van der Waals surface area contributed by atoms with Crippen molar-refractivity contribution in [3.63, 3.8) is 0 Å². The summed E-state index contributed by atoms with van der Waals surface area (Å²) in [5.74, 6) is -1.53. The maximum absolute atomic E-state index is 12.2. The number of para-hydroxylation sites is 1. The largest absolute Gasteiger partial charge is 0.480 e. The zero-order chi connectivity index (χ0) is 17.1. The molecule has 0 fully saturated rings. The van der Waals surface area contributed by atoms with E-state index in [9.17, 15) is 14.7 Å². The van der Waals surface area contributed by atoms with Crippen LogP contribution < -0.4 is 5.32 Å². The van der Waals surface area contributed by atoms with Crippen molar-refractivity contribution < 1.29 is 14.7 Å². The van der Waals surface area contributed by atoms with Crippen molar-refractivity contribution in [1.29, 1.82) is 0 Å². The van der Waals surface area contributed by atoms with E-state index >= 15 is 0 Å². The van der Waals surface area contributed by atoms with Gasteiger partial charge in [-0.2, -0.15) is 0 Å². The fourth-order valence-electron chi connectivity index (χ4n) is 2.56. The Labute approximate surface area is 179 Å². The van der Waals surface area contributed by atoms with E-state index in [1.54, 1.807) is 30.5 Å². The molecule has 1 aromatic heterocycles. The zero-order valence-electron chi connectivity index (χ0n) is 13.3. The first-order valence-electron chi connectivity index (χ1n) is 7.39. The molecule has 1 heterocycles. The molecule has 0 saturated carbocycles. The first-order chi connectivity index (χ1) is 11.5. The number of carboxylic acid groups (broad SMARTS) is 1. The molecule has 0 saturated heterocycles. The average molecular weight is 383 g/mol. The van der Waals surface area contributed by atoms with Crippen LogP contribution in [-0.2, 0) is 11.2 Å². The number of carbonyl (C=O) groups excluding carboxylic acids is 1. The summed E-state index contributed by atoms with van der Waals surface area (Å²) in [6.45, 7) is 0. The zero-order valence-corrected chi connectivity index (χ0v) is 16.3. The third-order valence-corrected chi connectivity index (χ3v) is 4.06. The standard InChI is InChI=1S/C18H15ClN2O3.Ca/c19-13-7-5-11(6-8-13)17(22)21-16(18(23)24)9-12-10-20-15-4-2-1-3-14(12)15;/h1-8,10,16,20H,9H2,(H,21,22)(H,23,24);/t16-;/m0./s1. The molecule has 3 rings (SSSR count). The van der Waals surface area contributed by atoms with Gasteiger partial charge in [0, 0.05) is 71.8 Å². The van der Waals surface area contributed by atoms with Crippen molar-refractivity contribution in [1.82, 2.24) is 10.3 Å². The van der Waals surface area contributed by atoms with Gasteiger partial charge in [0.15, 0.2) is 0 Å². The number of carboxylic acids is 1. The van der Waals surface area contributed by atoms with Crippen LogP contribution in [0.25, 0.3) is 10.9 Å². The van der Waals surface area contributed by atoms with Gasteiger partial charge in [-0.1, -0.05) is 29.8 Å². The number of H-pyrrole nitrogens is 1. The second-order valence-corrected chi connectivity index (χ2v) is 5.87. The quantitative estimate of drug-likeness (QED) is 0.593. The van der Waals surface area contributed by atoms with Gasteiger partial charge in [-0.3, -0.25) is 4.79 Å². The molecule has 0 aliphatic rings. The number of aliphatic carboxylic acids is 1. The Kier molecular flexibility index (Phi) is 6.90. The van der Waals surface area contributed by atoms with Gasteiger partial charge in [0.25, 0.3) is 5.91 Å². The van der Waals surface area contributed by atoms with Gasteiger partial charge in [0.05, 0.1) is 0 Å². The van der Waals surface area contributed by atoms with E-state index < -0.39 is 17.9 Å². The van der Waals surface area contributed by atoms with Crippen LogP contribution in [0.2, 0.25) is 5.02 Å². The average Bonchev–Trinajstić information content (AvgIpc) is 2.98. The Morgan fingerprint density at radius 1 is 1.12 bits per heavy atom. The Bertz CT molecular complexity index is 893. The van der Waals surface area contributed by atoms with Crippen LogP contribution >= 0.6 is 11.6 Å². The molecule has 5 nitrogen and oxygen atoms in total. The number of rotatable bonds is 5. The molecule has 2 aromatic carbocycles. The molecule has 0 unspecified atom stereocenters. The second-order valence-electron chi connectivity index (χ2n) is 5.43. The second kappa shape index (κ2) is 8.72. The minimum atomic E-state index is -1.08. The molecule has 3 aromatic rings. The minimum absolute atomic E-state index is 0. The van der Waals surface area contributed by atoms with Crippen molar-refractivity contribution in [2.45, 2.75) is 12.5 Å². The van der Waals surface area contributed by atoms with Crippen LogP contribution in [0, 0.1) is 0 Å². The fraction of sp³-hybridized carbons (Fsp3) is 0.111. The number of fused-ring (bicyclic) bond motifs is 1. The third-order valence-electron chi connectivity index (χ3n) is 3.81. The number of aromatic amines is 1. The Hall–Kier alpha value is -1.53. The molecule has 124 valence electrons. The van der Waals surface area contributed by atoms with Gasteiger partial charge < -0.3 is 15.4 Å². The minimum Gasteiger partial charge on any atom is -0.480 e. The first kappa shape index (κ1) is 19.8. The van der Waals surface area contributed by atoms with Gasteiger partial charge in [0.1, 0.15) is 6.04 Å². The van der Waals surface area contributed by atoms with E-state index in [4.69, 9.17) is 11.6 Å². The Morgan fingerprint density at radius 2 is 1.80 bits per heavy atom. The summed E-state index contributed by atoms with van der Waals surface area (Å²) in [6.07, 6.45) is 1.97. The van der Waals surface area contributed by atoms with Crippen LogP contribution in [0.5, 0.6) is 0 Å². The fourth-order valence-corrected chi connectivity index (χ4v) is 2.69. The molecule has 0 aliphatic carbocycles. The number of hydrogen-bond acceptors (Lipinski definition) is 2. The van der Waals surface area contributed by atoms with E-state index in [0.29, 0.717) is 10.6 Å². The Balaban J connectivity index is 0.00000225. The predicted octanol–water partition coefficient (Wildman–Crippen LogP) is 2.87. The van der Waals surface area contributed by atoms with Crippen LogP contribution in [0.1, 0.15) is 15.9 Å². The van der Waals surface area contributed by atoms with E-state index in [1.807, 2.05) is 24.3 Å². The molecular formula is C18H15CaClN2O3. The van der Waals surface area contributed by atoms with Gasteiger partial charge in [0.2, 0.25) is 0 Å². The van der Waals surface area contributed by atoms with Crippen molar-refractivity contribution >= 4 is 72.1 Å². The van der Waals surface area contributed by atoms with Crippen LogP contribution in [0.3, 0.4) is 0 Å². The molecule has 0 spiro atoms. The third kappa shape index (κ3) is 4.76. The molecule has 7 heteroatoms. The van der Waals surface area contributed by atoms with Crippen molar-refractivity contribution in [2.24, 2.45) is 0 Å². The summed E-state index contributed by atoms with van der Waals surface area (Å²) >= 11 is 5.79. The summed E-state index contributed by atoms with van der Waals surface area (Å²) in [5.41, 5.74) is 2.14. The van der Waals surface area contributed by atoms with Crippen LogP contribution in [0.15, 0.2) is 54.7 Å². The maximum Gasteiger partial charge on any atom is 0.326 e. The first-order valence-corrected chi connectivity index (χ1v) is 7.76. The van der Waals surface area contributed by atoms with Crippen molar-refractivity contribution in [2.75, 3.05) is 0 Å². The number of aromatic nitrogens is 1. The molecule has 0 bridgehead atoms. The summed E-state index contributed by atoms with van der Waals surface area (Å²) in [6, 6.07) is 12.9. The van der Waals surface area contributed by atoms with Gasteiger partial charge in [-0.05, 0) is 35.9 Å². The van der Waals surface area contributed by atoms with Crippen LogP contribution in [0.4, 0.5) is 0 Å². The number of halogens is 1. The summed E-state index contributed by atoms with van der Waals surface area (Å²) in [5, 5.41) is 13.5. The van der Waals surface area contributed by atoms with Crippen molar-refractivity contribution in [3.8, 4) is 0 Å². The molecular weight excluding hydrogens is 368 g/mol. The molecule has 0 aliphatic heterocycles. The number of carbonyl (C=O) groups is 2. The van der Waals surface area contributed by atoms with Gasteiger partial charge in [-0.25, -0.2) is 4.79 Å². The van der Waals surface area contributed by atoms with E-state index in [-0.39, 0.29) is 44.2 Å². The topological polar surface area (TPSA) is 82.2 Å². The van der Waals surface area contributed by atoms with Gasteiger partial charge in [-0.15, -0.1) is 0 Å². The number of hydrogen-bond donors (Lipinski definition) is 3. The summed E-state index contributed by atoms with van der Waals surface area (Å²) < 4.78 is 0. The molecule has 2 radical (unpaired) electrons. The van der Waals surface area contributed by atoms with Gasteiger partial charge >= 0.3 is 5.97 Å². The van der Waals surface area contributed by atoms with E-state index in [0.717, 1.165) is 16.5 Å². The van der Waals surface area contributed by atoms with Crippen LogP contribution in [-0.4, -0.2) is 65.7 Å². The predicted molar refractivity (Wildman–Crippen MR) is 98.1 cm³/mol. The molecule has 1 amide bonds. The summed E-state index contributed by atoms with van der Waals surface area (Å²) in [7, 11) is 0. The smallest absolute Gasteiger partial charge is 0.326 e. The molecule has 1 atom stereocenters. The number of amides is 1. The van der Waals surface area contributed by atoms with Crippen molar-refractivity contribution in [3.05, 3.63) is 70.9 Å². The summed E-state index contributed by atoms with van der Waals surface area (Å²) in [4.78, 5) is 26.9. The number of benzene rings is 2. The van der Waals surface area contributed by atoms with E-state index in [1.165, 1.54) is 0 Å². The number of nitrogens with one attached hydrogen (secondary N) is 2. The van der Waals surface area contributed by atoms with E-state index in [2.05, 4.69) is 10.3 Å². The monoisotopic (exact) mass is 382 g/mol. The maximum atomic E-state index is 12.2. The molecule has 25 heavy (non-hydrogen) atoms.